The van der Waals surface area contributed by atoms with Crippen molar-refractivity contribution in [1.82, 2.24) is 0 Å². The van der Waals surface area contributed by atoms with Crippen LogP contribution in [0.2, 0.25) is 0 Å². The molecule has 0 aliphatic carbocycles. The second-order valence-corrected chi connectivity index (χ2v) is 12.1. The first kappa shape index (κ1) is 25.8. The van der Waals surface area contributed by atoms with Gasteiger partial charge in [0.05, 0.1) is 6.61 Å². The molecule has 0 aromatic carbocycles. The molecule has 3 unspecified atom stereocenters. The minimum Gasteiger partial charge on any atom is -0.337 e. The zero-order chi connectivity index (χ0) is 16.1. The Bertz CT molecular complexity index is 269. The summed E-state index contributed by atoms with van der Waals surface area (Å²) in [6.07, 6.45) is 9.64. The van der Waals surface area contributed by atoms with Gasteiger partial charge in [0.2, 0.25) is 5.69 Å². The van der Waals surface area contributed by atoms with Crippen LogP contribution in [0, 0.1) is 11.8 Å². The van der Waals surface area contributed by atoms with E-state index in [4.69, 9.17) is 16.3 Å². The van der Waals surface area contributed by atoms with Crippen LogP contribution in [0.3, 0.4) is 0 Å². The molecule has 0 rings (SSSR count). The molecule has 0 radical (unpaired) electrons. The first-order chi connectivity index (χ1) is 9.99. The molecular weight excluding hydrogens is 415 g/mol. The molecule has 22 heavy (non-hydrogen) atoms. The molecular formula is C16H35MoO2PS2. The van der Waals surface area contributed by atoms with Gasteiger partial charge in [-0.15, -0.1) is 0 Å². The van der Waals surface area contributed by atoms with Gasteiger partial charge in [-0.25, -0.2) is 0 Å². The van der Waals surface area contributed by atoms with E-state index >= 15 is 0 Å². The van der Waals surface area contributed by atoms with E-state index in [1.54, 1.807) is 0 Å². The normalized spacial score (nSPS) is 16.6. The number of hydrogen-bond donors (Lipinski definition) is 1. The van der Waals surface area contributed by atoms with Crippen molar-refractivity contribution < 1.29 is 30.5 Å². The van der Waals surface area contributed by atoms with Crippen molar-refractivity contribution in [3.05, 3.63) is 0 Å². The molecule has 3 atom stereocenters. The van der Waals surface area contributed by atoms with Gasteiger partial charge in [-0.3, -0.25) is 0 Å². The Hall–Kier alpha value is 1.61. The first-order valence-corrected chi connectivity index (χ1v) is 12.9. The summed E-state index contributed by atoms with van der Waals surface area (Å²) in [5, 5.41) is 0. The maximum atomic E-state index is 10.3. The quantitative estimate of drug-likeness (QED) is 0.246. The maximum absolute atomic E-state index is 10.3. The molecule has 0 aliphatic heterocycles. The minimum atomic E-state index is -2.64. The van der Waals surface area contributed by atoms with E-state index in [9.17, 15) is 4.89 Å². The molecule has 0 heterocycles. The summed E-state index contributed by atoms with van der Waals surface area (Å²) in [7, 11) is 0. The van der Waals surface area contributed by atoms with Crippen LogP contribution in [0.25, 0.3) is 0 Å². The smallest absolute Gasteiger partial charge is 0.244 e. The van der Waals surface area contributed by atoms with Crippen LogP contribution in [0.4, 0.5) is 0 Å². The Morgan fingerprint density at radius 2 is 1.50 bits per heavy atom. The molecule has 2 nitrogen and oxygen atoms in total. The van der Waals surface area contributed by atoms with Gasteiger partial charge < -0.3 is 9.42 Å². The molecule has 0 spiro atoms. The van der Waals surface area contributed by atoms with Gasteiger partial charge in [0.15, 0.2) is 0 Å². The molecule has 0 aromatic heterocycles. The van der Waals surface area contributed by atoms with Crippen LogP contribution in [0.1, 0.15) is 79.1 Å². The van der Waals surface area contributed by atoms with Crippen LogP contribution in [0.15, 0.2) is 0 Å². The minimum absolute atomic E-state index is 0. The monoisotopic (exact) mass is 452 g/mol. The standard InChI is InChI=1S/C16H35O2PS2.Mo/c1-5-9-11-15(7-3)13-18-19(17,20)21-14-16(8-4)12-10-6-2;/h15-16H,5-14H2,1-4H3,(H,17,20);. The van der Waals surface area contributed by atoms with Crippen molar-refractivity contribution >= 4 is 28.9 Å². The van der Waals surface area contributed by atoms with E-state index in [0.717, 1.165) is 18.6 Å². The molecule has 0 saturated carbocycles. The third kappa shape index (κ3) is 14.0. The van der Waals surface area contributed by atoms with Gasteiger partial charge in [-0.05, 0) is 36.5 Å². The molecule has 0 amide bonds. The summed E-state index contributed by atoms with van der Waals surface area (Å²) < 4.78 is 5.72. The van der Waals surface area contributed by atoms with Crippen molar-refractivity contribution in [2.75, 3.05) is 12.4 Å². The van der Waals surface area contributed by atoms with Gasteiger partial charge in [0.1, 0.15) is 0 Å². The molecule has 0 aliphatic rings. The van der Waals surface area contributed by atoms with E-state index in [1.807, 2.05) is 0 Å². The predicted molar refractivity (Wildman–Crippen MR) is 102 cm³/mol. The number of rotatable bonds is 14. The Morgan fingerprint density at radius 3 is 1.95 bits per heavy atom. The Kier molecular flexibility index (Phi) is 18.9. The van der Waals surface area contributed by atoms with Crippen LogP contribution >= 0.6 is 17.1 Å². The average molecular weight is 451 g/mol. The molecule has 134 valence electrons. The van der Waals surface area contributed by atoms with Crippen molar-refractivity contribution in [3.63, 3.8) is 0 Å². The summed E-state index contributed by atoms with van der Waals surface area (Å²) in [4.78, 5) is 10.3. The second kappa shape index (κ2) is 16.1. The van der Waals surface area contributed by atoms with E-state index in [2.05, 4.69) is 27.7 Å². The van der Waals surface area contributed by atoms with Crippen molar-refractivity contribution in [1.29, 1.82) is 0 Å². The van der Waals surface area contributed by atoms with E-state index in [-0.39, 0.29) is 21.1 Å². The Balaban J connectivity index is 0. The average Bonchev–Trinajstić information content (AvgIpc) is 2.47. The zero-order valence-corrected chi connectivity index (χ0v) is 19.3. The molecule has 6 heteroatoms. The summed E-state index contributed by atoms with van der Waals surface area (Å²) in [5.41, 5.74) is -2.64. The van der Waals surface area contributed by atoms with Gasteiger partial charge in [0.25, 0.3) is 0 Å². The summed E-state index contributed by atoms with van der Waals surface area (Å²) >= 11 is 6.81. The van der Waals surface area contributed by atoms with Gasteiger partial charge in [0, 0.05) is 26.8 Å². The molecule has 0 saturated heterocycles. The van der Waals surface area contributed by atoms with Crippen LogP contribution in [-0.4, -0.2) is 17.3 Å². The third-order valence-corrected chi connectivity index (χ3v) is 8.46. The van der Waals surface area contributed by atoms with E-state index < -0.39 is 5.69 Å². The van der Waals surface area contributed by atoms with Crippen molar-refractivity contribution in [3.8, 4) is 0 Å². The van der Waals surface area contributed by atoms with Gasteiger partial charge in [-0.1, -0.05) is 77.6 Å². The molecule has 1 N–H and O–H groups in total. The van der Waals surface area contributed by atoms with Crippen LogP contribution in [0.5, 0.6) is 0 Å². The fraction of sp³-hybridized carbons (Fsp3) is 1.00. The van der Waals surface area contributed by atoms with Gasteiger partial charge in [-0.2, -0.15) is 0 Å². The summed E-state index contributed by atoms with van der Waals surface area (Å²) in [6.45, 7) is 9.47. The van der Waals surface area contributed by atoms with E-state index in [0.29, 0.717) is 18.4 Å². The topological polar surface area (TPSA) is 29.5 Å². The van der Waals surface area contributed by atoms with Crippen LogP contribution < -0.4 is 0 Å². The van der Waals surface area contributed by atoms with Crippen molar-refractivity contribution in [2.45, 2.75) is 79.1 Å². The summed E-state index contributed by atoms with van der Waals surface area (Å²) in [6, 6.07) is 0. The SMILES string of the molecule is CCCCC(CC)COP(O)(=S)SCC(CC)CCCC.[Mo]. The fourth-order valence-corrected chi connectivity index (χ4v) is 5.84. The Morgan fingerprint density at radius 1 is 1.00 bits per heavy atom. The maximum Gasteiger partial charge on any atom is 0.244 e. The largest absolute Gasteiger partial charge is 0.337 e. The zero-order valence-electron chi connectivity index (χ0n) is 14.8. The fourth-order valence-electron chi connectivity index (χ4n) is 2.23. The summed E-state index contributed by atoms with van der Waals surface area (Å²) in [5.74, 6) is 2.15. The Labute approximate surface area is 162 Å². The predicted octanol–water partition coefficient (Wildman–Crippen LogP) is 6.38. The second-order valence-electron chi connectivity index (χ2n) is 5.89. The van der Waals surface area contributed by atoms with Gasteiger partial charge >= 0.3 is 0 Å². The number of hydrogen-bond acceptors (Lipinski definition) is 3. The number of unbranched alkanes of at least 4 members (excludes halogenated alkanes) is 2. The third-order valence-electron chi connectivity index (χ3n) is 4.03. The van der Waals surface area contributed by atoms with Crippen LogP contribution in [-0.2, 0) is 37.4 Å². The first-order valence-electron chi connectivity index (χ1n) is 8.60. The molecule has 0 aromatic rings. The molecule has 0 fully saturated rings. The molecule has 0 bridgehead atoms. The van der Waals surface area contributed by atoms with E-state index in [1.165, 1.54) is 49.9 Å². The van der Waals surface area contributed by atoms with Crippen molar-refractivity contribution in [2.24, 2.45) is 11.8 Å².